The van der Waals surface area contributed by atoms with E-state index in [1.54, 1.807) is 0 Å². The van der Waals surface area contributed by atoms with Crippen molar-refractivity contribution in [3.05, 3.63) is 57.1 Å². The summed E-state index contributed by atoms with van der Waals surface area (Å²) in [4.78, 5) is 34.5. The van der Waals surface area contributed by atoms with Crippen LogP contribution in [0.1, 0.15) is 23.6 Å². The van der Waals surface area contributed by atoms with Crippen LogP contribution in [0, 0.1) is 30.9 Å². The SMILES string of the molecule is CNc1ccc(S(=O)(=O)NCC(=O)OC(C)C(=O)Nc2c(C)cc(C)cc2C)cc1[N+](=O)[O-]. The Morgan fingerprint density at radius 3 is 2.27 bits per heavy atom. The minimum Gasteiger partial charge on any atom is -0.452 e. The number of hydrogen-bond donors (Lipinski definition) is 3. The lowest BCUT2D eigenvalue weighted by Gasteiger charge is -2.17. The van der Waals surface area contributed by atoms with Gasteiger partial charge in [0.05, 0.1) is 9.82 Å². The zero-order valence-corrected chi connectivity index (χ0v) is 19.7. The maximum atomic E-state index is 12.4. The van der Waals surface area contributed by atoms with E-state index < -0.39 is 50.1 Å². The summed E-state index contributed by atoms with van der Waals surface area (Å²) in [6, 6.07) is 7.09. The lowest BCUT2D eigenvalue weighted by Crippen LogP contribution is -2.36. The molecule has 1 amide bonds. The number of carbonyl (C=O) groups excluding carboxylic acids is 2. The Hall–Kier alpha value is -3.51. The highest BCUT2D eigenvalue weighted by atomic mass is 32.2. The van der Waals surface area contributed by atoms with E-state index in [9.17, 15) is 28.1 Å². The van der Waals surface area contributed by atoms with E-state index in [0.717, 1.165) is 28.8 Å². The van der Waals surface area contributed by atoms with Gasteiger partial charge in [0.2, 0.25) is 10.0 Å². The largest absolute Gasteiger partial charge is 0.452 e. The topological polar surface area (TPSA) is 157 Å². The predicted octanol–water partition coefficient (Wildman–Crippen LogP) is 2.41. The summed E-state index contributed by atoms with van der Waals surface area (Å²) in [5, 5.41) is 16.4. The molecule has 0 fully saturated rings. The van der Waals surface area contributed by atoms with E-state index in [-0.39, 0.29) is 5.69 Å². The van der Waals surface area contributed by atoms with Crippen LogP contribution in [0.25, 0.3) is 0 Å². The average Bonchev–Trinajstić information content (AvgIpc) is 2.74. The number of nitro groups is 1. The number of esters is 1. The molecule has 0 aliphatic heterocycles. The van der Waals surface area contributed by atoms with Crippen LogP contribution in [-0.4, -0.2) is 44.9 Å². The minimum absolute atomic E-state index is 0.136. The third kappa shape index (κ3) is 6.49. The van der Waals surface area contributed by atoms with Gasteiger partial charge >= 0.3 is 5.97 Å². The summed E-state index contributed by atoms with van der Waals surface area (Å²) in [5.41, 5.74) is 3.06. The van der Waals surface area contributed by atoms with Crippen LogP contribution in [0.15, 0.2) is 35.2 Å². The van der Waals surface area contributed by atoms with Crippen LogP contribution in [-0.2, 0) is 24.3 Å². The molecule has 2 aromatic rings. The molecular formula is C21H26N4O7S. The van der Waals surface area contributed by atoms with Crippen LogP contribution in [0.4, 0.5) is 17.1 Å². The van der Waals surface area contributed by atoms with E-state index in [2.05, 4.69) is 10.6 Å². The number of amides is 1. The van der Waals surface area contributed by atoms with Crippen LogP contribution in [0.3, 0.4) is 0 Å². The van der Waals surface area contributed by atoms with Crippen LogP contribution < -0.4 is 15.4 Å². The van der Waals surface area contributed by atoms with Gasteiger partial charge in [-0.25, -0.2) is 8.42 Å². The van der Waals surface area contributed by atoms with Gasteiger partial charge in [0.15, 0.2) is 6.10 Å². The Bertz CT molecular complexity index is 1170. The molecule has 0 heterocycles. The number of hydrogen-bond acceptors (Lipinski definition) is 8. The number of nitrogens with one attached hydrogen (secondary N) is 3. The monoisotopic (exact) mass is 478 g/mol. The molecule has 0 saturated carbocycles. The Kier molecular flexibility index (Phi) is 8.12. The fourth-order valence-corrected chi connectivity index (χ4v) is 4.16. The first-order valence-corrected chi connectivity index (χ1v) is 11.4. The Morgan fingerprint density at radius 1 is 1.12 bits per heavy atom. The summed E-state index contributed by atoms with van der Waals surface area (Å²) in [5.74, 6) is -1.56. The van der Waals surface area contributed by atoms with Crippen molar-refractivity contribution in [1.29, 1.82) is 0 Å². The molecule has 0 aromatic heterocycles. The van der Waals surface area contributed by atoms with Crippen molar-refractivity contribution in [1.82, 2.24) is 4.72 Å². The zero-order chi connectivity index (χ0) is 24.9. The second-order valence-electron chi connectivity index (χ2n) is 7.41. The van der Waals surface area contributed by atoms with Gasteiger partial charge in [-0.05, 0) is 51.0 Å². The number of anilines is 2. The van der Waals surface area contributed by atoms with Crippen molar-refractivity contribution in [2.45, 2.75) is 38.7 Å². The quantitative estimate of drug-likeness (QED) is 0.282. The molecule has 12 heteroatoms. The molecule has 33 heavy (non-hydrogen) atoms. The molecule has 0 aliphatic carbocycles. The highest BCUT2D eigenvalue weighted by molar-refractivity contribution is 7.89. The number of benzene rings is 2. The second kappa shape index (κ2) is 10.4. The van der Waals surface area contributed by atoms with Crippen molar-refractivity contribution in [3.63, 3.8) is 0 Å². The Labute approximate surface area is 191 Å². The van der Waals surface area contributed by atoms with Crippen molar-refractivity contribution in [2.24, 2.45) is 0 Å². The van der Waals surface area contributed by atoms with Gasteiger partial charge in [-0.3, -0.25) is 19.7 Å². The molecule has 0 spiro atoms. The number of ether oxygens (including phenoxy) is 1. The van der Waals surface area contributed by atoms with Gasteiger partial charge in [-0.2, -0.15) is 4.72 Å². The summed E-state index contributed by atoms with van der Waals surface area (Å²) in [6.07, 6.45) is -1.18. The lowest BCUT2D eigenvalue weighted by atomic mass is 10.0. The van der Waals surface area contributed by atoms with E-state index in [1.807, 2.05) is 37.6 Å². The number of nitro benzene ring substituents is 1. The molecule has 11 nitrogen and oxygen atoms in total. The Morgan fingerprint density at radius 2 is 1.73 bits per heavy atom. The van der Waals surface area contributed by atoms with Crippen LogP contribution in [0.5, 0.6) is 0 Å². The fraction of sp³-hybridized carbons (Fsp3) is 0.333. The molecular weight excluding hydrogens is 452 g/mol. The number of carbonyl (C=O) groups is 2. The number of nitrogens with zero attached hydrogens (tertiary/aromatic N) is 1. The predicted molar refractivity (Wildman–Crippen MR) is 123 cm³/mol. The van der Waals surface area contributed by atoms with E-state index >= 15 is 0 Å². The minimum atomic E-state index is -4.24. The first kappa shape index (κ1) is 25.7. The maximum Gasteiger partial charge on any atom is 0.321 e. The molecule has 0 aliphatic rings. The van der Waals surface area contributed by atoms with E-state index in [0.29, 0.717) is 5.69 Å². The lowest BCUT2D eigenvalue weighted by molar-refractivity contribution is -0.384. The average molecular weight is 479 g/mol. The number of sulfonamides is 1. The van der Waals surface area contributed by atoms with Gasteiger partial charge < -0.3 is 15.4 Å². The van der Waals surface area contributed by atoms with Crippen molar-refractivity contribution < 1.29 is 27.7 Å². The van der Waals surface area contributed by atoms with Crippen molar-refractivity contribution in [3.8, 4) is 0 Å². The zero-order valence-electron chi connectivity index (χ0n) is 18.9. The van der Waals surface area contributed by atoms with Crippen LogP contribution in [0.2, 0.25) is 0 Å². The summed E-state index contributed by atoms with van der Waals surface area (Å²) in [6.45, 7) is 6.22. The number of aryl methyl sites for hydroxylation is 3. The first-order valence-electron chi connectivity index (χ1n) is 9.89. The smallest absolute Gasteiger partial charge is 0.321 e. The van der Waals surface area contributed by atoms with E-state index in [1.165, 1.54) is 20.0 Å². The highest BCUT2D eigenvalue weighted by Gasteiger charge is 2.24. The number of rotatable bonds is 9. The molecule has 1 unspecified atom stereocenters. The summed E-state index contributed by atoms with van der Waals surface area (Å²) >= 11 is 0. The molecule has 178 valence electrons. The van der Waals surface area contributed by atoms with Gasteiger partial charge in [-0.1, -0.05) is 17.7 Å². The molecule has 3 N–H and O–H groups in total. The van der Waals surface area contributed by atoms with Crippen molar-refractivity contribution in [2.75, 3.05) is 24.2 Å². The molecule has 2 aromatic carbocycles. The van der Waals surface area contributed by atoms with Gasteiger partial charge in [0.1, 0.15) is 12.2 Å². The second-order valence-corrected chi connectivity index (χ2v) is 9.17. The first-order chi connectivity index (χ1) is 15.4. The third-order valence-electron chi connectivity index (χ3n) is 4.75. The Balaban J connectivity index is 2.01. The molecule has 0 bridgehead atoms. The summed E-state index contributed by atoms with van der Waals surface area (Å²) in [7, 11) is -2.78. The highest BCUT2D eigenvalue weighted by Crippen LogP contribution is 2.27. The molecule has 0 radical (unpaired) electrons. The van der Waals surface area contributed by atoms with Gasteiger partial charge in [-0.15, -0.1) is 0 Å². The van der Waals surface area contributed by atoms with Crippen molar-refractivity contribution >= 4 is 39.0 Å². The fourth-order valence-electron chi connectivity index (χ4n) is 3.17. The van der Waals surface area contributed by atoms with Gasteiger partial charge in [0.25, 0.3) is 11.6 Å². The van der Waals surface area contributed by atoms with Crippen LogP contribution >= 0.6 is 0 Å². The molecule has 1 atom stereocenters. The standard InChI is InChI=1S/C21H26N4O7S/c1-12-8-13(2)20(14(3)9-12)24-21(27)15(4)32-19(26)11-23-33(30,31)16-6-7-17(22-5)18(10-16)25(28)29/h6-10,15,22-23H,11H2,1-5H3,(H,24,27). The normalized spacial score (nSPS) is 12.0. The molecule has 2 rings (SSSR count). The summed E-state index contributed by atoms with van der Waals surface area (Å²) < 4.78 is 31.9. The maximum absolute atomic E-state index is 12.4. The third-order valence-corrected chi connectivity index (χ3v) is 6.15. The molecule has 0 saturated heterocycles. The van der Waals surface area contributed by atoms with Gasteiger partial charge in [0, 0.05) is 18.8 Å². The van der Waals surface area contributed by atoms with E-state index in [4.69, 9.17) is 4.74 Å².